The molecule has 0 radical (unpaired) electrons. The van der Waals surface area contributed by atoms with Crippen LogP contribution in [0.1, 0.15) is 5.56 Å². The maximum Gasteiger partial charge on any atom is 0.274 e. The fourth-order valence-electron chi connectivity index (χ4n) is 2.53. The number of nitrogens with two attached hydrogens (primary N) is 1. The highest BCUT2D eigenvalue weighted by molar-refractivity contribution is 6.48. The van der Waals surface area contributed by atoms with Gasteiger partial charge in [0.2, 0.25) is 0 Å². The predicted molar refractivity (Wildman–Crippen MR) is 108 cm³/mol. The summed E-state index contributed by atoms with van der Waals surface area (Å²) < 4.78 is 0. The zero-order valence-electron chi connectivity index (χ0n) is 15.1. The third-order valence-electron chi connectivity index (χ3n) is 4.01. The van der Waals surface area contributed by atoms with Crippen LogP contribution in [0.4, 0.5) is 17.2 Å². The Bertz CT molecular complexity index is 968. The smallest absolute Gasteiger partial charge is 0.274 e. The number of benzene rings is 1. The molecule has 0 aliphatic rings. The molecule has 4 N–H and O–H groups in total. The van der Waals surface area contributed by atoms with Crippen molar-refractivity contribution in [2.24, 2.45) is 0 Å². The Morgan fingerprint density at radius 3 is 2.56 bits per heavy atom. The summed E-state index contributed by atoms with van der Waals surface area (Å²) in [6.07, 6.45) is 4.96. The molecular weight excluding hydrogens is 340 g/mol. The lowest BCUT2D eigenvalue weighted by Crippen LogP contribution is -2.24. The molecule has 1 amide bonds. The Labute approximate surface area is 157 Å². The van der Waals surface area contributed by atoms with Crippen LogP contribution in [0.25, 0.3) is 11.1 Å². The van der Waals surface area contributed by atoms with Gasteiger partial charge in [0, 0.05) is 43.3 Å². The molecule has 0 fully saturated rings. The third-order valence-corrected chi connectivity index (χ3v) is 4.01. The minimum absolute atomic E-state index is 0.213. The van der Waals surface area contributed by atoms with E-state index in [1.165, 1.54) is 0 Å². The Morgan fingerprint density at radius 1 is 1.11 bits per heavy atom. The number of hydrogen-bond donors (Lipinski definition) is 3. The highest BCUT2D eigenvalue weighted by Gasteiger charge is 2.16. The summed E-state index contributed by atoms with van der Waals surface area (Å²) in [4.78, 5) is 22.7. The zero-order valence-corrected chi connectivity index (χ0v) is 15.1. The molecule has 136 valence electrons. The average Bonchev–Trinajstić information content (AvgIpc) is 2.69. The lowest BCUT2D eigenvalue weighted by Gasteiger charge is -2.13. The first-order valence-electron chi connectivity index (χ1n) is 8.29. The molecule has 0 spiro atoms. The van der Waals surface area contributed by atoms with Crippen molar-refractivity contribution in [2.45, 2.75) is 0 Å². The molecule has 2 aromatic heterocycles. The van der Waals surface area contributed by atoms with E-state index in [9.17, 15) is 4.79 Å². The van der Waals surface area contributed by atoms with Crippen LogP contribution < -0.4 is 16.0 Å². The molecule has 1 aromatic carbocycles. The fourth-order valence-corrected chi connectivity index (χ4v) is 2.53. The van der Waals surface area contributed by atoms with Gasteiger partial charge in [-0.15, -0.1) is 0 Å². The summed E-state index contributed by atoms with van der Waals surface area (Å²) in [6.45, 7) is 0. The minimum atomic E-state index is -0.551. The van der Waals surface area contributed by atoms with Gasteiger partial charge in [0.15, 0.2) is 0 Å². The van der Waals surface area contributed by atoms with E-state index in [2.05, 4.69) is 15.3 Å². The van der Waals surface area contributed by atoms with Crippen molar-refractivity contribution in [3.63, 3.8) is 0 Å². The molecule has 0 bridgehead atoms. The molecule has 3 aromatic rings. The van der Waals surface area contributed by atoms with E-state index in [-0.39, 0.29) is 5.71 Å². The predicted octanol–water partition coefficient (Wildman–Crippen LogP) is 2.80. The number of carbonyl (C=O) groups is 1. The Kier molecular flexibility index (Phi) is 5.12. The van der Waals surface area contributed by atoms with Crippen molar-refractivity contribution < 1.29 is 4.79 Å². The molecule has 0 saturated heterocycles. The van der Waals surface area contributed by atoms with E-state index < -0.39 is 5.91 Å². The molecule has 0 atom stereocenters. The van der Waals surface area contributed by atoms with Gasteiger partial charge in [-0.3, -0.25) is 15.2 Å². The quantitative estimate of drug-likeness (QED) is 0.479. The Morgan fingerprint density at radius 2 is 1.93 bits per heavy atom. The van der Waals surface area contributed by atoms with Gasteiger partial charge in [-0.1, -0.05) is 12.1 Å². The standard InChI is InChI=1S/C20H20N6O/c1-26(2)18-8-6-15(12-24-18)25-20(27)19(22)16-10-13(5-7-17(16)21)14-4-3-9-23-11-14/h3-12,22H,21H2,1-2H3,(H,25,27). The first-order valence-corrected chi connectivity index (χ1v) is 8.29. The molecule has 0 aliphatic heterocycles. The molecule has 0 unspecified atom stereocenters. The second kappa shape index (κ2) is 7.65. The van der Waals surface area contributed by atoms with Gasteiger partial charge in [-0.25, -0.2) is 4.98 Å². The maximum absolute atomic E-state index is 12.5. The van der Waals surface area contributed by atoms with Crippen molar-refractivity contribution in [3.05, 3.63) is 66.6 Å². The van der Waals surface area contributed by atoms with Crippen molar-refractivity contribution in [1.29, 1.82) is 5.41 Å². The summed E-state index contributed by atoms with van der Waals surface area (Å²) in [5, 5.41) is 10.9. The van der Waals surface area contributed by atoms with E-state index >= 15 is 0 Å². The second-order valence-corrected chi connectivity index (χ2v) is 6.17. The topological polar surface area (TPSA) is 108 Å². The van der Waals surface area contributed by atoms with E-state index in [1.807, 2.05) is 37.2 Å². The molecule has 2 heterocycles. The monoisotopic (exact) mass is 360 g/mol. The third kappa shape index (κ3) is 4.09. The molecule has 0 aliphatic carbocycles. The van der Waals surface area contributed by atoms with Crippen LogP contribution >= 0.6 is 0 Å². The van der Waals surface area contributed by atoms with Crippen LogP contribution in [-0.2, 0) is 4.79 Å². The van der Waals surface area contributed by atoms with Gasteiger partial charge in [0.25, 0.3) is 5.91 Å². The number of nitrogens with zero attached hydrogens (tertiary/aromatic N) is 3. The Hall–Kier alpha value is -3.74. The number of hydrogen-bond acceptors (Lipinski definition) is 6. The minimum Gasteiger partial charge on any atom is -0.398 e. The van der Waals surface area contributed by atoms with Crippen LogP contribution in [-0.4, -0.2) is 35.7 Å². The van der Waals surface area contributed by atoms with Crippen LogP contribution in [0, 0.1) is 5.41 Å². The number of pyridine rings is 2. The number of rotatable bonds is 5. The van der Waals surface area contributed by atoms with Gasteiger partial charge >= 0.3 is 0 Å². The normalized spacial score (nSPS) is 10.3. The fraction of sp³-hybridized carbons (Fsp3) is 0.100. The lowest BCUT2D eigenvalue weighted by atomic mass is 10.00. The number of nitrogen functional groups attached to an aromatic ring is 1. The van der Waals surface area contributed by atoms with Crippen LogP contribution in [0.15, 0.2) is 61.1 Å². The zero-order chi connectivity index (χ0) is 19.4. The van der Waals surface area contributed by atoms with E-state index in [0.29, 0.717) is 16.9 Å². The number of carbonyl (C=O) groups excluding carboxylic acids is 1. The average molecular weight is 360 g/mol. The van der Waals surface area contributed by atoms with Crippen LogP contribution in [0.5, 0.6) is 0 Å². The molecular formula is C20H20N6O. The van der Waals surface area contributed by atoms with E-state index in [4.69, 9.17) is 11.1 Å². The summed E-state index contributed by atoms with van der Waals surface area (Å²) >= 11 is 0. The van der Waals surface area contributed by atoms with Crippen molar-refractivity contribution in [3.8, 4) is 11.1 Å². The summed E-state index contributed by atoms with van der Waals surface area (Å²) in [6, 6.07) is 12.5. The number of nitrogens with one attached hydrogen (secondary N) is 2. The molecule has 7 nitrogen and oxygen atoms in total. The molecule has 0 saturated carbocycles. The molecule has 7 heteroatoms. The number of amides is 1. The lowest BCUT2D eigenvalue weighted by molar-refractivity contribution is -0.110. The van der Waals surface area contributed by atoms with E-state index in [1.54, 1.807) is 42.9 Å². The highest BCUT2D eigenvalue weighted by Crippen LogP contribution is 2.24. The summed E-state index contributed by atoms with van der Waals surface area (Å²) in [5.74, 6) is 0.223. The SMILES string of the molecule is CN(C)c1ccc(NC(=O)C(=N)c2cc(-c3cccnc3)ccc2N)cn1. The summed E-state index contributed by atoms with van der Waals surface area (Å²) in [7, 11) is 3.77. The van der Waals surface area contributed by atoms with Crippen molar-refractivity contribution in [2.75, 3.05) is 30.0 Å². The van der Waals surface area contributed by atoms with Crippen molar-refractivity contribution in [1.82, 2.24) is 9.97 Å². The maximum atomic E-state index is 12.5. The first-order chi connectivity index (χ1) is 13.0. The first kappa shape index (κ1) is 18.1. The van der Waals surface area contributed by atoms with Gasteiger partial charge in [0.1, 0.15) is 11.5 Å². The number of anilines is 3. The number of aromatic nitrogens is 2. The van der Waals surface area contributed by atoms with Gasteiger partial charge in [0.05, 0.1) is 11.9 Å². The molecule has 27 heavy (non-hydrogen) atoms. The van der Waals surface area contributed by atoms with Gasteiger partial charge in [-0.2, -0.15) is 0 Å². The van der Waals surface area contributed by atoms with Crippen LogP contribution in [0.2, 0.25) is 0 Å². The largest absolute Gasteiger partial charge is 0.398 e. The highest BCUT2D eigenvalue weighted by atomic mass is 16.1. The van der Waals surface area contributed by atoms with Crippen molar-refractivity contribution >= 4 is 28.8 Å². The van der Waals surface area contributed by atoms with Gasteiger partial charge in [-0.05, 0) is 35.9 Å². The second-order valence-electron chi connectivity index (χ2n) is 6.17. The summed E-state index contributed by atoms with van der Waals surface area (Å²) in [5.41, 5.74) is 8.75. The van der Waals surface area contributed by atoms with Crippen LogP contribution in [0.3, 0.4) is 0 Å². The van der Waals surface area contributed by atoms with E-state index in [0.717, 1.165) is 16.9 Å². The Balaban J connectivity index is 1.81. The van der Waals surface area contributed by atoms with Gasteiger partial charge < -0.3 is 16.0 Å². The molecule has 3 rings (SSSR count).